The SMILES string of the molecule is CC(=O)c1cc(Br)c(O)c(F)c1O. The van der Waals surface area contributed by atoms with Gasteiger partial charge in [0.25, 0.3) is 0 Å². The van der Waals surface area contributed by atoms with Crippen LogP contribution >= 0.6 is 15.9 Å². The van der Waals surface area contributed by atoms with Gasteiger partial charge in [0.05, 0.1) is 10.0 Å². The molecule has 1 aromatic carbocycles. The van der Waals surface area contributed by atoms with Crippen molar-refractivity contribution in [3.63, 3.8) is 0 Å². The molecule has 0 heterocycles. The topological polar surface area (TPSA) is 57.5 Å². The van der Waals surface area contributed by atoms with E-state index in [1.165, 1.54) is 6.92 Å². The summed E-state index contributed by atoms with van der Waals surface area (Å²) in [7, 11) is 0. The Morgan fingerprint density at radius 1 is 1.46 bits per heavy atom. The van der Waals surface area contributed by atoms with Crippen LogP contribution in [0.5, 0.6) is 11.5 Å². The fourth-order valence-corrected chi connectivity index (χ4v) is 1.27. The fraction of sp³-hybridized carbons (Fsp3) is 0.125. The first kappa shape index (κ1) is 9.98. The van der Waals surface area contributed by atoms with Crippen LogP contribution < -0.4 is 0 Å². The minimum Gasteiger partial charge on any atom is -0.504 e. The van der Waals surface area contributed by atoms with Gasteiger partial charge < -0.3 is 10.2 Å². The van der Waals surface area contributed by atoms with E-state index in [2.05, 4.69) is 15.9 Å². The smallest absolute Gasteiger partial charge is 0.208 e. The van der Waals surface area contributed by atoms with E-state index in [1.807, 2.05) is 0 Å². The van der Waals surface area contributed by atoms with E-state index < -0.39 is 23.1 Å². The van der Waals surface area contributed by atoms with E-state index in [-0.39, 0.29) is 10.0 Å². The Hall–Kier alpha value is -1.10. The predicted octanol–water partition coefficient (Wildman–Crippen LogP) is 2.20. The molecule has 0 unspecified atom stereocenters. The van der Waals surface area contributed by atoms with Crippen molar-refractivity contribution in [2.24, 2.45) is 0 Å². The number of carbonyl (C=O) groups excluding carboxylic acids is 1. The second kappa shape index (κ2) is 3.33. The van der Waals surface area contributed by atoms with Crippen LogP contribution in [-0.2, 0) is 0 Å². The molecule has 0 saturated carbocycles. The van der Waals surface area contributed by atoms with Crippen LogP contribution in [0, 0.1) is 5.82 Å². The van der Waals surface area contributed by atoms with Gasteiger partial charge in [-0.05, 0) is 28.9 Å². The van der Waals surface area contributed by atoms with E-state index in [0.717, 1.165) is 6.07 Å². The third kappa shape index (κ3) is 1.65. The van der Waals surface area contributed by atoms with Gasteiger partial charge in [0.15, 0.2) is 17.3 Å². The molecule has 13 heavy (non-hydrogen) atoms. The first-order chi connectivity index (χ1) is 5.95. The van der Waals surface area contributed by atoms with Crippen LogP contribution in [-0.4, -0.2) is 16.0 Å². The highest BCUT2D eigenvalue weighted by atomic mass is 79.9. The number of aromatic hydroxyl groups is 2. The molecular weight excluding hydrogens is 243 g/mol. The number of Topliss-reactive ketones (excluding diaryl/α,β-unsaturated/α-hetero) is 1. The number of phenols is 2. The number of phenolic OH excluding ortho intramolecular Hbond substituents is 2. The minimum atomic E-state index is -1.19. The number of hydrogen-bond donors (Lipinski definition) is 2. The number of benzene rings is 1. The van der Waals surface area contributed by atoms with Gasteiger partial charge in [-0.1, -0.05) is 0 Å². The van der Waals surface area contributed by atoms with Crippen molar-refractivity contribution in [2.45, 2.75) is 6.92 Å². The number of hydrogen-bond acceptors (Lipinski definition) is 3. The molecule has 0 saturated heterocycles. The summed E-state index contributed by atoms with van der Waals surface area (Å²) < 4.78 is 13.0. The Morgan fingerprint density at radius 3 is 2.46 bits per heavy atom. The molecule has 0 fully saturated rings. The summed E-state index contributed by atoms with van der Waals surface area (Å²) in [4.78, 5) is 10.9. The van der Waals surface area contributed by atoms with Gasteiger partial charge in [-0.15, -0.1) is 0 Å². The van der Waals surface area contributed by atoms with Gasteiger partial charge in [-0.25, -0.2) is 0 Å². The van der Waals surface area contributed by atoms with Crippen LogP contribution in [0.1, 0.15) is 17.3 Å². The highest BCUT2D eigenvalue weighted by Gasteiger charge is 2.18. The third-order valence-electron chi connectivity index (χ3n) is 1.55. The number of ketones is 1. The van der Waals surface area contributed by atoms with Gasteiger partial charge in [-0.3, -0.25) is 4.79 Å². The second-order valence-corrected chi connectivity index (χ2v) is 3.33. The van der Waals surface area contributed by atoms with Crippen LogP contribution in [0.25, 0.3) is 0 Å². The first-order valence-electron chi connectivity index (χ1n) is 3.36. The van der Waals surface area contributed by atoms with E-state index >= 15 is 0 Å². The lowest BCUT2D eigenvalue weighted by Gasteiger charge is -2.05. The Labute approximate surface area is 81.9 Å². The molecule has 0 aliphatic rings. The summed E-state index contributed by atoms with van der Waals surface area (Å²) in [5, 5.41) is 18.1. The molecule has 2 N–H and O–H groups in total. The summed E-state index contributed by atoms with van der Waals surface area (Å²) in [6.07, 6.45) is 0. The minimum absolute atomic E-state index is 0.0352. The Kier molecular flexibility index (Phi) is 2.56. The summed E-state index contributed by atoms with van der Waals surface area (Å²) in [6.45, 7) is 1.19. The normalized spacial score (nSPS) is 10.1. The van der Waals surface area contributed by atoms with E-state index in [0.29, 0.717) is 0 Å². The maximum atomic E-state index is 12.9. The average Bonchev–Trinajstić information content (AvgIpc) is 2.07. The maximum Gasteiger partial charge on any atom is 0.208 e. The lowest BCUT2D eigenvalue weighted by molar-refractivity contribution is 0.101. The van der Waals surface area contributed by atoms with Crippen LogP contribution in [0.2, 0.25) is 0 Å². The van der Waals surface area contributed by atoms with Crippen molar-refractivity contribution in [1.82, 2.24) is 0 Å². The first-order valence-corrected chi connectivity index (χ1v) is 4.15. The van der Waals surface area contributed by atoms with Gasteiger partial charge in [-0.2, -0.15) is 4.39 Å². The van der Waals surface area contributed by atoms with E-state index in [4.69, 9.17) is 10.2 Å². The molecule has 70 valence electrons. The summed E-state index contributed by atoms with van der Waals surface area (Å²) >= 11 is 2.85. The summed E-state index contributed by atoms with van der Waals surface area (Å²) in [5.41, 5.74) is -0.165. The van der Waals surface area contributed by atoms with E-state index in [1.54, 1.807) is 0 Å². The molecule has 1 rings (SSSR count). The monoisotopic (exact) mass is 248 g/mol. The highest BCUT2D eigenvalue weighted by Crippen LogP contribution is 2.35. The molecule has 0 aromatic heterocycles. The lowest BCUT2D eigenvalue weighted by Crippen LogP contribution is -1.95. The van der Waals surface area contributed by atoms with Crippen LogP contribution in [0.15, 0.2) is 10.5 Å². The average molecular weight is 249 g/mol. The molecule has 0 radical (unpaired) electrons. The molecule has 5 heteroatoms. The lowest BCUT2D eigenvalue weighted by atomic mass is 10.1. The quantitative estimate of drug-likeness (QED) is 0.750. The third-order valence-corrected chi connectivity index (χ3v) is 2.15. The molecule has 0 bridgehead atoms. The molecule has 3 nitrogen and oxygen atoms in total. The van der Waals surface area contributed by atoms with Gasteiger partial charge in [0.1, 0.15) is 0 Å². The molecule has 1 aromatic rings. The predicted molar refractivity (Wildman–Crippen MR) is 47.4 cm³/mol. The van der Waals surface area contributed by atoms with Crippen molar-refractivity contribution < 1.29 is 19.4 Å². The second-order valence-electron chi connectivity index (χ2n) is 2.47. The zero-order valence-electron chi connectivity index (χ0n) is 6.64. The number of halogens is 2. The molecule has 0 spiro atoms. The molecule has 0 atom stereocenters. The van der Waals surface area contributed by atoms with Crippen LogP contribution in [0.3, 0.4) is 0 Å². The van der Waals surface area contributed by atoms with Crippen molar-refractivity contribution in [2.75, 3.05) is 0 Å². The van der Waals surface area contributed by atoms with Gasteiger partial charge >= 0.3 is 0 Å². The van der Waals surface area contributed by atoms with Crippen molar-refractivity contribution in [1.29, 1.82) is 0 Å². The Bertz CT molecular complexity index is 376. The van der Waals surface area contributed by atoms with Gasteiger partial charge in [0.2, 0.25) is 5.82 Å². The Morgan fingerprint density at radius 2 is 2.00 bits per heavy atom. The highest BCUT2D eigenvalue weighted by molar-refractivity contribution is 9.10. The zero-order chi connectivity index (χ0) is 10.2. The van der Waals surface area contributed by atoms with Crippen molar-refractivity contribution in [3.8, 4) is 11.5 Å². The van der Waals surface area contributed by atoms with E-state index in [9.17, 15) is 9.18 Å². The molecule has 0 aliphatic carbocycles. The molecule has 0 amide bonds. The number of carbonyl (C=O) groups is 1. The zero-order valence-corrected chi connectivity index (χ0v) is 8.22. The largest absolute Gasteiger partial charge is 0.504 e. The van der Waals surface area contributed by atoms with Crippen molar-refractivity contribution in [3.05, 3.63) is 21.9 Å². The van der Waals surface area contributed by atoms with Gasteiger partial charge in [0, 0.05) is 0 Å². The molecule has 0 aliphatic heterocycles. The fourth-order valence-electron chi connectivity index (χ4n) is 0.867. The summed E-state index contributed by atoms with van der Waals surface area (Å²) in [6, 6.07) is 1.16. The standard InChI is InChI=1S/C8H6BrFO3/c1-3(11)4-2-5(9)8(13)6(10)7(4)12/h2,12-13H,1H3. The Balaban J connectivity index is 3.50. The van der Waals surface area contributed by atoms with Crippen LogP contribution in [0.4, 0.5) is 4.39 Å². The summed E-state index contributed by atoms with van der Waals surface area (Å²) in [5.74, 6) is -3.20. The van der Waals surface area contributed by atoms with Crippen molar-refractivity contribution >= 4 is 21.7 Å². The maximum absolute atomic E-state index is 12.9. The number of rotatable bonds is 1. The molecular formula is C8H6BrFO3.